The number of nitrogens with zero attached hydrogens (tertiary/aromatic N) is 5. The van der Waals surface area contributed by atoms with Gasteiger partial charge in [0.05, 0.1) is 23.2 Å². The fraction of sp³-hybridized carbons (Fsp3) is 0.615. The van der Waals surface area contributed by atoms with Gasteiger partial charge in [0, 0.05) is 51.0 Å². The van der Waals surface area contributed by atoms with Gasteiger partial charge in [0.15, 0.2) is 0 Å². The summed E-state index contributed by atoms with van der Waals surface area (Å²) < 4.78 is 3.29. The molecular formula is C39H56N10O4. The molecule has 53 heavy (non-hydrogen) atoms. The van der Waals surface area contributed by atoms with Gasteiger partial charge in [-0.3, -0.25) is 28.9 Å². The van der Waals surface area contributed by atoms with E-state index in [-0.39, 0.29) is 36.3 Å². The second-order valence-corrected chi connectivity index (χ2v) is 16.0. The Bertz CT molecular complexity index is 1830. The summed E-state index contributed by atoms with van der Waals surface area (Å²) >= 11 is 0. The number of aliphatic hydroxyl groups is 1. The molecule has 7 N–H and O–H groups in total. The van der Waals surface area contributed by atoms with Crippen LogP contribution in [-0.2, 0) is 16.6 Å². The van der Waals surface area contributed by atoms with E-state index in [9.17, 15) is 19.5 Å². The maximum Gasteiger partial charge on any atom is 0.329 e. The van der Waals surface area contributed by atoms with Crippen molar-refractivity contribution in [3.05, 3.63) is 58.5 Å². The topological polar surface area (TPSA) is 165 Å². The van der Waals surface area contributed by atoms with Crippen molar-refractivity contribution in [2.24, 2.45) is 18.7 Å². The lowest BCUT2D eigenvalue weighted by Crippen LogP contribution is -2.71. The highest BCUT2D eigenvalue weighted by molar-refractivity contribution is 5.82. The second-order valence-electron chi connectivity index (χ2n) is 16.0. The molecule has 2 amide bonds. The van der Waals surface area contributed by atoms with Gasteiger partial charge in [0.2, 0.25) is 11.8 Å². The van der Waals surface area contributed by atoms with Crippen molar-refractivity contribution < 1.29 is 14.7 Å². The summed E-state index contributed by atoms with van der Waals surface area (Å²) in [7, 11) is 1.78. The number of aryl methyl sites for hydroxylation is 1. The number of carbonyl (C=O) groups is 2. The van der Waals surface area contributed by atoms with Crippen LogP contribution in [0.5, 0.6) is 0 Å². The highest BCUT2D eigenvalue weighted by atomic mass is 16.3. The van der Waals surface area contributed by atoms with Gasteiger partial charge in [0.25, 0.3) is 0 Å². The van der Waals surface area contributed by atoms with Gasteiger partial charge in [-0.1, -0.05) is 18.6 Å². The van der Waals surface area contributed by atoms with Gasteiger partial charge in [-0.2, -0.15) is 0 Å². The van der Waals surface area contributed by atoms with Crippen LogP contribution in [0, 0.1) is 5.92 Å². The minimum atomic E-state index is -1.08. The van der Waals surface area contributed by atoms with Gasteiger partial charge >= 0.3 is 5.69 Å². The number of anilines is 2. The van der Waals surface area contributed by atoms with E-state index in [4.69, 9.17) is 5.73 Å². The molecule has 6 heterocycles. The van der Waals surface area contributed by atoms with E-state index in [0.29, 0.717) is 24.8 Å². The number of likely N-dealkylation sites (tertiary alicyclic amines) is 2. The first-order valence-electron chi connectivity index (χ1n) is 19.8. The minimum Gasteiger partial charge on any atom is -0.372 e. The number of nitrogens with two attached hydrogens (primary N) is 1. The van der Waals surface area contributed by atoms with Crippen molar-refractivity contribution in [1.82, 2.24) is 34.9 Å². The highest BCUT2D eigenvalue weighted by Crippen LogP contribution is 2.33. The summed E-state index contributed by atoms with van der Waals surface area (Å²) in [6.07, 6.45) is 6.67. The summed E-state index contributed by atoms with van der Waals surface area (Å²) in [6.45, 7) is 8.11. The SMILES string of the molecule is Cn1c(=O)n([C@@H]2CCC(=O)NC2O)c2ccc(N3CC[C@@H](CN4CCC(c5ccc(NC6NC(N7CCCCC7)CNC6C(N)=O)cc5)CC4)C3)cc21. The molecule has 5 aliphatic rings. The van der Waals surface area contributed by atoms with Crippen LogP contribution >= 0.6 is 0 Å². The third kappa shape index (κ3) is 7.57. The third-order valence-electron chi connectivity index (χ3n) is 12.6. The normalized spacial score (nSPS) is 29.4. The zero-order valence-electron chi connectivity index (χ0n) is 30.9. The van der Waals surface area contributed by atoms with E-state index in [1.807, 2.05) is 6.07 Å². The molecule has 5 fully saturated rings. The number of amides is 2. The molecule has 2 aromatic carbocycles. The van der Waals surface area contributed by atoms with Gasteiger partial charge in [-0.25, -0.2) is 4.79 Å². The lowest BCUT2D eigenvalue weighted by molar-refractivity contribution is -0.128. The number of benzene rings is 2. The van der Waals surface area contributed by atoms with Crippen LogP contribution in [0.2, 0.25) is 0 Å². The first kappa shape index (κ1) is 36.0. The Kier molecular flexibility index (Phi) is 10.5. The molecule has 286 valence electrons. The van der Waals surface area contributed by atoms with Crippen LogP contribution in [-0.4, -0.2) is 113 Å². The number of piperazine rings is 1. The molecule has 4 unspecified atom stereocenters. The summed E-state index contributed by atoms with van der Waals surface area (Å²) in [5.41, 5.74) is 10.7. The Balaban J connectivity index is 0.831. The first-order chi connectivity index (χ1) is 25.7. The molecule has 5 aliphatic heterocycles. The Hall–Kier alpha value is -3.95. The largest absolute Gasteiger partial charge is 0.372 e. The number of hydrogen-bond donors (Lipinski definition) is 6. The van der Waals surface area contributed by atoms with E-state index in [1.54, 1.807) is 16.2 Å². The van der Waals surface area contributed by atoms with E-state index in [1.165, 1.54) is 24.8 Å². The maximum atomic E-state index is 13.3. The number of nitrogens with one attached hydrogen (secondary N) is 4. The number of primary amides is 1. The maximum absolute atomic E-state index is 13.3. The second kappa shape index (κ2) is 15.4. The Morgan fingerprint density at radius 2 is 1.72 bits per heavy atom. The van der Waals surface area contributed by atoms with Crippen molar-refractivity contribution in [3.63, 3.8) is 0 Å². The van der Waals surface area contributed by atoms with Crippen molar-refractivity contribution >= 4 is 34.2 Å². The number of aliphatic hydroxyl groups excluding tert-OH is 1. The molecule has 0 bridgehead atoms. The minimum absolute atomic E-state index is 0.177. The molecule has 0 spiro atoms. The standard InChI is InChI=1S/C39H56N10O4/c1-45-32-21-29(9-10-30(32)49(39(45)53)31-11-12-34(50)44-38(31)52)48-20-13-25(24-48)23-46-18-14-27(15-19-46)26-5-7-28(8-6-26)42-37-35(36(40)51)41-22-33(43-37)47-16-3-2-4-17-47/h5-10,21,25,27,31,33,35,37-38,41-43,52H,2-4,11-20,22-24H2,1H3,(H2,40,51)(H,44,50)/t25-,31+,33?,35?,37?,38?/m0/s1. The van der Waals surface area contributed by atoms with Crippen molar-refractivity contribution in [2.45, 2.75) is 87.9 Å². The Labute approximate surface area is 311 Å². The average molecular weight is 729 g/mol. The van der Waals surface area contributed by atoms with Crippen LogP contribution in [0.1, 0.15) is 68.9 Å². The number of aromatic nitrogens is 2. The van der Waals surface area contributed by atoms with E-state index >= 15 is 0 Å². The summed E-state index contributed by atoms with van der Waals surface area (Å²) in [6, 6.07) is 14.0. The molecule has 14 heteroatoms. The summed E-state index contributed by atoms with van der Waals surface area (Å²) in [4.78, 5) is 44.8. The van der Waals surface area contributed by atoms with E-state index in [2.05, 4.69) is 72.4 Å². The smallest absolute Gasteiger partial charge is 0.329 e. The molecule has 3 aromatic rings. The molecule has 0 radical (unpaired) electrons. The predicted molar refractivity (Wildman–Crippen MR) is 206 cm³/mol. The lowest BCUT2D eigenvalue weighted by atomic mass is 9.89. The number of piperidine rings is 3. The van der Waals surface area contributed by atoms with Crippen LogP contribution in [0.15, 0.2) is 47.3 Å². The Morgan fingerprint density at radius 3 is 2.45 bits per heavy atom. The molecule has 8 rings (SSSR count). The molecule has 0 saturated carbocycles. The van der Waals surface area contributed by atoms with Crippen LogP contribution < -0.4 is 37.6 Å². The van der Waals surface area contributed by atoms with E-state index < -0.39 is 18.3 Å². The van der Waals surface area contributed by atoms with Gasteiger partial charge in [-0.15, -0.1) is 0 Å². The fourth-order valence-electron chi connectivity index (χ4n) is 9.54. The van der Waals surface area contributed by atoms with E-state index in [0.717, 1.165) is 87.5 Å². The molecule has 0 aliphatic carbocycles. The fourth-order valence-corrected chi connectivity index (χ4v) is 9.54. The van der Waals surface area contributed by atoms with Gasteiger partial charge in [0.1, 0.15) is 18.4 Å². The van der Waals surface area contributed by atoms with Crippen molar-refractivity contribution in [3.8, 4) is 0 Å². The molecule has 6 atom stereocenters. The molecule has 5 saturated heterocycles. The highest BCUT2D eigenvalue weighted by Gasteiger charge is 2.36. The molecular weight excluding hydrogens is 672 g/mol. The zero-order chi connectivity index (χ0) is 36.6. The molecule has 14 nitrogen and oxygen atoms in total. The zero-order valence-corrected chi connectivity index (χ0v) is 30.9. The first-order valence-corrected chi connectivity index (χ1v) is 19.8. The monoisotopic (exact) mass is 728 g/mol. The van der Waals surface area contributed by atoms with Crippen molar-refractivity contribution in [1.29, 1.82) is 0 Å². The van der Waals surface area contributed by atoms with Crippen LogP contribution in [0.3, 0.4) is 0 Å². The van der Waals surface area contributed by atoms with Gasteiger partial charge < -0.3 is 36.6 Å². The quantitative estimate of drug-likeness (QED) is 0.190. The molecule has 1 aromatic heterocycles. The van der Waals surface area contributed by atoms with Crippen LogP contribution in [0.4, 0.5) is 11.4 Å². The number of fused-ring (bicyclic) bond motifs is 1. The Morgan fingerprint density at radius 1 is 0.943 bits per heavy atom. The lowest BCUT2D eigenvalue weighted by Gasteiger charge is -2.43. The number of hydrogen-bond acceptors (Lipinski definition) is 10. The van der Waals surface area contributed by atoms with Crippen LogP contribution in [0.25, 0.3) is 11.0 Å². The van der Waals surface area contributed by atoms with Gasteiger partial charge in [-0.05, 0) is 112 Å². The number of rotatable bonds is 9. The number of imidazole rings is 1. The third-order valence-corrected chi connectivity index (χ3v) is 12.6. The van der Waals surface area contributed by atoms with Crippen molar-refractivity contribution in [2.75, 3.05) is 62.6 Å². The number of carbonyl (C=O) groups excluding carboxylic acids is 2. The predicted octanol–water partition coefficient (Wildman–Crippen LogP) is 1.41. The summed E-state index contributed by atoms with van der Waals surface area (Å²) in [5.74, 6) is 0.583. The summed E-state index contributed by atoms with van der Waals surface area (Å²) in [5, 5.41) is 23.7. The average Bonchev–Trinajstić information content (AvgIpc) is 3.74.